The maximum absolute atomic E-state index is 13.5. The zero-order chi connectivity index (χ0) is 22.1. The van der Waals surface area contributed by atoms with Gasteiger partial charge >= 0.3 is 6.18 Å². The molecule has 5 aromatic rings. The highest BCUT2D eigenvalue weighted by Crippen LogP contribution is 2.32. The maximum Gasteiger partial charge on any atom is 0.449 e. The van der Waals surface area contributed by atoms with Crippen molar-refractivity contribution in [3.63, 3.8) is 0 Å². The highest BCUT2D eigenvalue weighted by molar-refractivity contribution is 7.98. The van der Waals surface area contributed by atoms with Crippen molar-refractivity contribution in [1.29, 1.82) is 0 Å². The summed E-state index contributed by atoms with van der Waals surface area (Å²) >= 11 is 1.23. The van der Waals surface area contributed by atoms with Crippen LogP contribution in [0.25, 0.3) is 16.7 Å². The molecule has 5 rings (SSSR count). The number of benzene rings is 2. The van der Waals surface area contributed by atoms with Crippen molar-refractivity contribution in [1.82, 2.24) is 34.7 Å². The van der Waals surface area contributed by atoms with Gasteiger partial charge in [-0.2, -0.15) is 13.2 Å². The fourth-order valence-corrected chi connectivity index (χ4v) is 3.81. The number of hydrogen-bond donors (Lipinski definition) is 0. The summed E-state index contributed by atoms with van der Waals surface area (Å²) < 4.78 is 48.6. The molecule has 0 spiro atoms. The van der Waals surface area contributed by atoms with Crippen LogP contribution in [-0.2, 0) is 18.5 Å². The molecule has 2 aromatic carbocycles. The van der Waals surface area contributed by atoms with Crippen molar-refractivity contribution in [3.05, 3.63) is 78.2 Å². The predicted octanol–water partition coefficient (Wildman–Crippen LogP) is 4.36. The molecule has 12 heteroatoms. The lowest BCUT2D eigenvalue weighted by Crippen LogP contribution is -2.15. The summed E-state index contributed by atoms with van der Waals surface area (Å²) in [5.41, 5.74) is 2.16. The zero-order valence-electron chi connectivity index (χ0n) is 16.3. The van der Waals surface area contributed by atoms with Crippen molar-refractivity contribution in [2.75, 3.05) is 0 Å². The summed E-state index contributed by atoms with van der Waals surface area (Å²) in [6.45, 7) is -0.243. The standard InChI is InChI=1S/C20H14F3N7OS/c21-20(22,23)18-24-15-8-4-5-9-16(15)29(18)11-17-26-27-19(31-17)32-12-13-10-30(28-25-13)14-6-2-1-3-7-14/h1-10H,11-12H2. The van der Waals surface area contributed by atoms with Gasteiger partial charge in [0.05, 0.1) is 28.6 Å². The predicted molar refractivity (Wildman–Crippen MR) is 109 cm³/mol. The summed E-state index contributed by atoms with van der Waals surface area (Å²) in [6.07, 6.45) is -2.83. The molecule has 0 aliphatic heterocycles. The summed E-state index contributed by atoms with van der Waals surface area (Å²) in [7, 11) is 0. The van der Waals surface area contributed by atoms with Crippen LogP contribution in [0.2, 0.25) is 0 Å². The molecule has 8 nitrogen and oxygen atoms in total. The summed E-state index contributed by atoms with van der Waals surface area (Å²) in [6, 6.07) is 15.9. The van der Waals surface area contributed by atoms with Crippen molar-refractivity contribution >= 4 is 22.8 Å². The van der Waals surface area contributed by atoms with Gasteiger partial charge in [0.15, 0.2) is 0 Å². The first-order chi connectivity index (χ1) is 15.5. The van der Waals surface area contributed by atoms with Gasteiger partial charge in [-0.25, -0.2) is 9.67 Å². The number of fused-ring (bicyclic) bond motifs is 1. The lowest BCUT2D eigenvalue weighted by molar-refractivity contribution is -0.146. The van der Waals surface area contributed by atoms with Gasteiger partial charge < -0.3 is 8.98 Å². The number of imidazole rings is 1. The van der Waals surface area contributed by atoms with E-state index in [0.29, 0.717) is 17.0 Å². The van der Waals surface area contributed by atoms with Crippen LogP contribution in [-0.4, -0.2) is 34.7 Å². The van der Waals surface area contributed by atoms with E-state index >= 15 is 0 Å². The van der Waals surface area contributed by atoms with Crippen LogP contribution in [0, 0.1) is 0 Å². The third-order valence-electron chi connectivity index (χ3n) is 4.55. The Morgan fingerprint density at radius 1 is 0.938 bits per heavy atom. The Bertz CT molecular complexity index is 1360. The largest absolute Gasteiger partial charge is 0.449 e. The van der Waals surface area contributed by atoms with E-state index < -0.39 is 12.0 Å². The van der Waals surface area contributed by atoms with Gasteiger partial charge in [0.2, 0.25) is 11.7 Å². The molecule has 0 unspecified atom stereocenters. The van der Waals surface area contributed by atoms with E-state index in [1.807, 2.05) is 30.3 Å². The van der Waals surface area contributed by atoms with Gasteiger partial charge in [0.25, 0.3) is 5.22 Å². The minimum atomic E-state index is -4.61. The summed E-state index contributed by atoms with van der Waals surface area (Å²) in [4.78, 5) is 3.72. The Labute approximate surface area is 183 Å². The van der Waals surface area contributed by atoms with Crippen molar-refractivity contribution in [3.8, 4) is 5.69 Å². The maximum atomic E-state index is 13.5. The minimum Gasteiger partial charge on any atom is -0.414 e. The van der Waals surface area contributed by atoms with E-state index in [2.05, 4.69) is 25.5 Å². The normalized spacial score (nSPS) is 12.0. The molecule has 0 atom stereocenters. The first-order valence-electron chi connectivity index (χ1n) is 9.42. The average molecular weight is 457 g/mol. The van der Waals surface area contributed by atoms with Crippen LogP contribution in [0.1, 0.15) is 17.4 Å². The highest BCUT2D eigenvalue weighted by Gasteiger charge is 2.38. The van der Waals surface area contributed by atoms with Crippen LogP contribution in [0.4, 0.5) is 13.2 Å². The number of hydrogen-bond acceptors (Lipinski definition) is 7. The molecule has 0 N–H and O–H groups in total. The lowest BCUT2D eigenvalue weighted by Gasteiger charge is -2.09. The van der Waals surface area contributed by atoms with Crippen LogP contribution in [0.3, 0.4) is 0 Å². The number of nitrogens with zero attached hydrogens (tertiary/aromatic N) is 7. The number of thioether (sulfide) groups is 1. The van der Waals surface area contributed by atoms with Gasteiger partial charge in [-0.15, -0.1) is 15.3 Å². The highest BCUT2D eigenvalue weighted by atomic mass is 32.2. The van der Waals surface area contributed by atoms with Crippen LogP contribution < -0.4 is 0 Å². The Morgan fingerprint density at radius 2 is 1.72 bits per heavy atom. The Kier molecular flexibility index (Phi) is 5.13. The monoisotopic (exact) mass is 457 g/mol. The molecule has 0 aliphatic carbocycles. The molecule has 3 heterocycles. The SMILES string of the molecule is FC(F)(F)c1nc2ccccc2n1Cc1nnc(SCc2cn(-c3ccccc3)nn2)o1. The van der Waals surface area contributed by atoms with Crippen molar-refractivity contribution < 1.29 is 17.6 Å². The molecule has 0 radical (unpaired) electrons. The number of rotatable bonds is 6. The molecule has 0 bridgehead atoms. The smallest absolute Gasteiger partial charge is 0.414 e. The fourth-order valence-electron chi connectivity index (χ4n) is 3.15. The van der Waals surface area contributed by atoms with Crippen LogP contribution in [0.15, 0.2) is 70.4 Å². The number of aromatic nitrogens is 7. The Morgan fingerprint density at radius 3 is 2.53 bits per heavy atom. The molecule has 3 aromatic heterocycles. The lowest BCUT2D eigenvalue weighted by atomic mass is 10.3. The zero-order valence-corrected chi connectivity index (χ0v) is 17.1. The van der Waals surface area contributed by atoms with E-state index in [4.69, 9.17) is 4.42 Å². The Hall–Kier alpha value is -3.67. The quantitative estimate of drug-likeness (QED) is 0.350. The van der Waals surface area contributed by atoms with E-state index in [0.717, 1.165) is 10.3 Å². The first-order valence-corrected chi connectivity index (χ1v) is 10.4. The molecule has 162 valence electrons. The second-order valence-electron chi connectivity index (χ2n) is 6.75. The van der Waals surface area contributed by atoms with Gasteiger partial charge in [0, 0.05) is 5.75 Å². The number of para-hydroxylation sites is 3. The fraction of sp³-hybridized carbons (Fsp3) is 0.150. The molecule has 0 fully saturated rings. The number of alkyl halides is 3. The van der Waals surface area contributed by atoms with E-state index in [-0.39, 0.29) is 23.2 Å². The van der Waals surface area contributed by atoms with E-state index in [1.165, 1.54) is 17.8 Å². The topological polar surface area (TPSA) is 87.5 Å². The molecule has 0 aliphatic rings. The Balaban J connectivity index is 1.31. The van der Waals surface area contributed by atoms with E-state index in [9.17, 15) is 13.2 Å². The second-order valence-corrected chi connectivity index (χ2v) is 7.68. The summed E-state index contributed by atoms with van der Waals surface area (Å²) in [5, 5.41) is 16.2. The van der Waals surface area contributed by atoms with Crippen molar-refractivity contribution in [2.45, 2.75) is 23.7 Å². The second kappa shape index (κ2) is 8.11. The van der Waals surface area contributed by atoms with Crippen molar-refractivity contribution in [2.24, 2.45) is 0 Å². The van der Waals surface area contributed by atoms with E-state index in [1.54, 1.807) is 29.1 Å². The third kappa shape index (κ3) is 4.08. The van der Waals surface area contributed by atoms with Crippen LogP contribution >= 0.6 is 11.8 Å². The molecule has 0 saturated carbocycles. The molecular weight excluding hydrogens is 443 g/mol. The van der Waals surface area contributed by atoms with Gasteiger partial charge in [-0.3, -0.25) is 0 Å². The molecular formula is C20H14F3N7OS. The number of halogens is 3. The molecule has 32 heavy (non-hydrogen) atoms. The first kappa shape index (κ1) is 20.2. The summed E-state index contributed by atoms with van der Waals surface area (Å²) in [5.74, 6) is -0.547. The van der Waals surface area contributed by atoms with Gasteiger partial charge in [-0.1, -0.05) is 47.3 Å². The average Bonchev–Trinajstić information content (AvgIpc) is 3.52. The van der Waals surface area contributed by atoms with Gasteiger partial charge in [0.1, 0.15) is 6.54 Å². The molecule has 0 amide bonds. The molecule has 0 saturated heterocycles. The third-order valence-corrected chi connectivity index (χ3v) is 5.41. The minimum absolute atomic E-state index is 0.0501. The van der Waals surface area contributed by atoms with Crippen LogP contribution in [0.5, 0.6) is 0 Å². The van der Waals surface area contributed by atoms with Gasteiger partial charge in [-0.05, 0) is 24.3 Å².